The van der Waals surface area contributed by atoms with E-state index < -0.39 is 11.8 Å². The van der Waals surface area contributed by atoms with Gasteiger partial charge in [-0.25, -0.2) is 9.18 Å². The summed E-state index contributed by atoms with van der Waals surface area (Å²) in [5.74, 6) is -1.09. The van der Waals surface area contributed by atoms with Gasteiger partial charge < -0.3 is 9.15 Å². The number of halogens is 2. The van der Waals surface area contributed by atoms with Crippen LogP contribution >= 0.6 is 15.9 Å². The molecule has 0 aliphatic rings. The predicted molar refractivity (Wildman–Crippen MR) is 82.5 cm³/mol. The zero-order chi connectivity index (χ0) is 15.7. The van der Waals surface area contributed by atoms with E-state index in [4.69, 9.17) is 9.15 Å². The van der Waals surface area contributed by atoms with Crippen molar-refractivity contribution in [3.05, 3.63) is 34.2 Å². The maximum absolute atomic E-state index is 13.4. The molecule has 5 heteroatoms. The highest BCUT2D eigenvalue weighted by molar-refractivity contribution is 9.10. The summed E-state index contributed by atoms with van der Waals surface area (Å²) in [6.45, 7) is 9.94. The molecule has 112 valence electrons. The molecule has 0 saturated heterocycles. The van der Waals surface area contributed by atoms with E-state index in [0.29, 0.717) is 9.86 Å². The van der Waals surface area contributed by atoms with Crippen molar-refractivity contribution in [1.82, 2.24) is 0 Å². The smallest absolute Gasteiger partial charge is 0.374 e. The fourth-order valence-corrected chi connectivity index (χ4v) is 1.83. The van der Waals surface area contributed by atoms with Crippen LogP contribution in [0, 0.1) is 5.82 Å². The number of ether oxygens (including phenoxy) is 1. The maximum atomic E-state index is 13.4. The molecule has 0 aliphatic carbocycles. The van der Waals surface area contributed by atoms with Crippen LogP contribution in [0.4, 0.5) is 4.39 Å². The van der Waals surface area contributed by atoms with Crippen LogP contribution in [0.1, 0.15) is 45.2 Å². The molecule has 1 heterocycles. The minimum absolute atomic E-state index is 0.00819. The normalized spacial score (nSPS) is 9.15. The Morgan fingerprint density at radius 2 is 1.85 bits per heavy atom. The van der Waals surface area contributed by atoms with Crippen LogP contribution in [-0.2, 0) is 4.74 Å². The number of carbonyl (C=O) groups is 1. The number of hydrogen-bond donors (Lipinski definition) is 0. The van der Waals surface area contributed by atoms with Crippen LogP contribution in [0.15, 0.2) is 27.1 Å². The summed E-state index contributed by atoms with van der Waals surface area (Å²) in [4.78, 5) is 11.4. The molecule has 0 amide bonds. The van der Waals surface area contributed by atoms with Gasteiger partial charge in [-0.3, -0.25) is 0 Å². The van der Waals surface area contributed by atoms with Gasteiger partial charge in [0, 0.05) is 9.86 Å². The second kappa shape index (κ2) is 9.53. The van der Waals surface area contributed by atoms with Gasteiger partial charge >= 0.3 is 5.97 Å². The number of carbonyl (C=O) groups excluding carboxylic acids is 1. The van der Waals surface area contributed by atoms with Crippen molar-refractivity contribution in [1.29, 1.82) is 0 Å². The van der Waals surface area contributed by atoms with Gasteiger partial charge in [-0.05, 0) is 25.1 Å². The van der Waals surface area contributed by atoms with Crippen molar-refractivity contribution in [3.8, 4) is 0 Å². The van der Waals surface area contributed by atoms with Crippen LogP contribution in [0.5, 0.6) is 0 Å². The Hall–Kier alpha value is -1.36. The minimum Gasteiger partial charge on any atom is -0.460 e. The fourth-order valence-electron chi connectivity index (χ4n) is 1.38. The molecule has 2 aromatic rings. The van der Waals surface area contributed by atoms with Crippen molar-refractivity contribution in [3.63, 3.8) is 0 Å². The Kier molecular flexibility index (Phi) is 8.88. The van der Waals surface area contributed by atoms with Crippen LogP contribution in [0.3, 0.4) is 0 Å². The summed E-state index contributed by atoms with van der Waals surface area (Å²) in [6.07, 6.45) is 0. The van der Waals surface area contributed by atoms with Gasteiger partial charge in [0.15, 0.2) is 11.4 Å². The van der Waals surface area contributed by atoms with E-state index in [2.05, 4.69) is 15.9 Å². The molecule has 0 atom stereocenters. The lowest BCUT2D eigenvalue weighted by atomic mass is 10.2. The van der Waals surface area contributed by atoms with E-state index >= 15 is 0 Å². The van der Waals surface area contributed by atoms with Gasteiger partial charge in [-0.2, -0.15) is 0 Å². The number of furan rings is 1. The van der Waals surface area contributed by atoms with E-state index in [0.717, 1.165) is 0 Å². The molecule has 0 N–H and O–H groups in total. The van der Waals surface area contributed by atoms with E-state index in [-0.39, 0.29) is 18.0 Å². The molecular formula is C15H20BrFO3. The zero-order valence-electron chi connectivity index (χ0n) is 12.4. The Morgan fingerprint density at radius 3 is 2.40 bits per heavy atom. The van der Waals surface area contributed by atoms with Gasteiger partial charge in [-0.1, -0.05) is 43.6 Å². The van der Waals surface area contributed by atoms with Crippen LogP contribution in [0.2, 0.25) is 0 Å². The maximum Gasteiger partial charge on any atom is 0.374 e. The molecule has 0 aliphatic heterocycles. The first-order chi connectivity index (χ1) is 9.61. The summed E-state index contributed by atoms with van der Waals surface area (Å²) in [5.41, 5.74) is 0.0613. The molecule has 1 aromatic heterocycles. The quantitative estimate of drug-likeness (QED) is 0.668. The average molecular weight is 347 g/mol. The number of hydrogen-bond acceptors (Lipinski definition) is 3. The van der Waals surface area contributed by atoms with Gasteiger partial charge in [0.2, 0.25) is 5.76 Å². The van der Waals surface area contributed by atoms with Gasteiger partial charge in [0.1, 0.15) is 0 Å². The largest absolute Gasteiger partial charge is 0.460 e. The van der Waals surface area contributed by atoms with Gasteiger partial charge in [0.25, 0.3) is 0 Å². The summed E-state index contributed by atoms with van der Waals surface area (Å²) < 4.78 is 23.9. The summed E-state index contributed by atoms with van der Waals surface area (Å²) in [6, 6.07) is 4.41. The fraction of sp³-hybridized carbons (Fsp3) is 0.400. The topological polar surface area (TPSA) is 39.4 Å². The molecule has 1 aromatic carbocycles. The number of fused-ring (bicyclic) bond motifs is 1. The lowest BCUT2D eigenvalue weighted by molar-refractivity contribution is 0.0492. The summed E-state index contributed by atoms with van der Waals surface area (Å²) in [7, 11) is 0. The minimum atomic E-state index is -0.589. The zero-order valence-corrected chi connectivity index (χ0v) is 14.0. The first-order valence-corrected chi connectivity index (χ1v) is 7.47. The van der Waals surface area contributed by atoms with Gasteiger partial charge in [0.05, 0.1) is 6.61 Å². The monoisotopic (exact) mass is 346 g/mol. The molecule has 20 heavy (non-hydrogen) atoms. The third kappa shape index (κ3) is 4.63. The number of rotatable bonds is 2. The molecule has 0 bridgehead atoms. The van der Waals surface area contributed by atoms with Crippen molar-refractivity contribution < 1.29 is 18.3 Å². The lowest BCUT2D eigenvalue weighted by Gasteiger charge is -1.95. The standard InChI is InChI=1S/C11H8BrFO3.2C2H6/c1-2-15-11(14)9-4-6-3-7(12)5-8(13)10(6)16-9;2*1-2/h3-5H,2H2,1H3;2*1-2H3. The highest BCUT2D eigenvalue weighted by atomic mass is 79.9. The third-order valence-electron chi connectivity index (χ3n) is 2.01. The van der Waals surface area contributed by atoms with Crippen LogP contribution < -0.4 is 0 Å². The molecule has 0 saturated carbocycles. The Morgan fingerprint density at radius 1 is 1.25 bits per heavy atom. The van der Waals surface area contributed by atoms with E-state index in [1.165, 1.54) is 12.1 Å². The first kappa shape index (κ1) is 18.6. The van der Waals surface area contributed by atoms with Crippen molar-refractivity contribution in [2.45, 2.75) is 34.6 Å². The molecular weight excluding hydrogens is 327 g/mol. The SMILES string of the molecule is CC.CC.CCOC(=O)c1cc2cc(Br)cc(F)c2o1. The molecule has 2 rings (SSSR count). The van der Waals surface area contributed by atoms with Crippen molar-refractivity contribution in [2.24, 2.45) is 0 Å². The number of benzene rings is 1. The highest BCUT2D eigenvalue weighted by Crippen LogP contribution is 2.26. The lowest BCUT2D eigenvalue weighted by Crippen LogP contribution is -2.02. The highest BCUT2D eigenvalue weighted by Gasteiger charge is 2.15. The Bertz CT molecular complexity index is 549. The van der Waals surface area contributed by atoms with Crippen LogP contribution in [0.25, 0.3) is 11.0 Å². The Labute approximate surface area is 127 Å². The molecule has 0 radical (unpaired) electrons. The third-order valence-corrected chi connectivity index (χ3v) is 2.47. The molecule has 0 unspecified atom stereocenters. The van der Waals surface area contributed by atoms with E-state index in [1.807, 2.05) is 27.7 Å². The molecule has 3 nitrogen and oxygen atoms in total. The average Bonchev–Trinajstić information content (AvgIpc) is 2.88. The second-order valence-corrected chi connectivity index (χ2v) is 4.05. The predicted octanol–water partition coefficient (Wildman–Crippen LogP) is 5.56. The van der Waals surface area contributed by atoms with Crippen molar-refractivity contribution >= 4 is 32.9 Å². The summed E-state index contributed by atoms with van der Waals surface area (Å²) in [5, 5.41) is 0.523. The van der Waals surface area contributed by atoms with E-state index in [1.54, 1.807) is 13.0 Å². The molecule has 0 fully saturated rings. The first-order valence-electron chi connectivity index (χ1n) is 6.67. The van der Waals surface area contributed by atoms with Gasteiger partial charge in [-0.15, -0.1) is 0 Å². The Balaban J connectivity index is 0.000000829. The van der Waals surface area contributed by atoms with Crippen LogP contribution in [-0.4, -0.2) is 12.6 Å². The number of esters is 1. The van der Waals surface area contributed by atoms with Crippen molar-refractivity contribution in [2.75, 3.05) is 6.61 Å². The summed E-state index contributed by atoms with van der Waals surface area (Å²) >= 11 is 3.16. The van der Waals surface area contributed by atoms with E-state index in [9.17, 15) is 9.18 Å². The molecule has 0 spiro atoms. The second-order valence-electron chi connectivity index (χ2n) is 3.14.